The van der Waals surface area contributed by atoms with E-state index in [1.165, 1.54) is 0 Å². The Morgan fingerprint density at radius 1 is 1.44 bits per heavy atom. The molecule has 1 amide bonds. The second kappa shape index (κ2) is 5.40. The van der Waals surface area contributed by atoms with Gasteiger partial charge in [0.25, 0.3) is 5.91 Å². The van der Waals surface area contributed by atoms with E-state index in [0.717, 1.165) is 25.3 Å². The largest absolute Gasteiger partial charge is 0.494 e. The van der Waals surface area contributed by atoms with Crippen molar-refractivity contribution in [3.63, 3.8) is 0 Å². The van der Waals surface area contributed by atoms with Crippen LogP contribution in [0.2, 0.25) is 0 Å². The molecule has 2 N–H and O–H groups in total. The smallest absolute Gasteiger partial charge is 0.251 e. The molecule has 0 aromatic heterocycles. The second-order valence-corrected chi connectivity index (χ2v) is 4.90. The normalized spacial score (nSPS) is 22.8. The first kappa shape index (κ1) is 12.9. The lowest BCUT2D eigenvalue weighted by Gasteiger charge is -2.24. The van der Waals surface area contributed by atoms with Crippen molar-refractivity contribution in [2.75, 3.05) is 19.7 Å². The van der Waals surface area contributed by atoms with Gasteiger partial charge in [0.2, 0.25) is 0 Å². The molecule has 1 unspecified atom stereocenters. The fraction of sp³-hybridized carbons (Fsp3) is 0.500. The SMILES string of the molecule is CCOc1ccc(C(=O)NC2(C)CCNC2)cc1. The van der Waals surface area contributed by atoms with Crippen LogP contribution in [-0.4, -0.2) is 31.1 Å². The fourth-order valence-corrected chi connectivity index (χ4v) is 2.14. The zero-order valence-corrected chi connectivity index (χ0v) is 11.0. The highest BCUT2D eigenvalue weighted by atomic mass is 16.5. The lowest BCUT2D eigenvalue weighted by Crippen LogP contribution is -2.47. The summed E-state index contributed by atoms with van der Waals surface area (Å²) in [5, 5.41) is 6.34. The van der Waals surface area contributed by atoms with Gasteiger partial charge in [0.15, 0.2) is 0 Å². The summed E-state index contributed by atoms with van der Waals surface area (Å²) in [7, 11) is 0. The molecule has 18 heavy (non-hydrogen) atoms. The van der Waals surface area contributed by atoms with Crippen molar-refractivity contribution in [3.05, 3.63) is 29.8 Å². The minimum absolute atomic E-state index is 0.0238. The number of ether oxygens (including phenoxy) is 1. The van der Waals surface area contributed by atoms with Crippen molar-refractivity contribution in [3.8, 4) is 5.75 Å². The van der Waals surface area contributed by atoms with Crippen LogP contribution in [0.3, 0.4) is 0 Å². The van der Waals surface area contributed by atoms with Gasteiger partial charge in [-0.1, -0.05) is 0 Å². The minimum atomic E-state index is -0.129. The first-order valence-corrected chi connectivity index (χ1v) is 6.39. The van der Waals surface area contributed by atoms with Crippen LogP contribution in [0.1, 0.15) is 30.6 Å². The summed E-state index contributed by atoms with van der Waals surface area (Å²) in [6.07, 6.45) is 0.968. The number of nitrogens with one attached hydrogen (secondary N) is 2. The summed E-state index contributed by atoms with van der Waals surface area (Å²) in [4.78, 5) is 12.1. The van der Waals surface area contributed by atoms with E-state index in [9.17, 15) is 4.79 Å². The Morgan fingerprint density at radius 3 is 2.72 bits per heavy atom. The maximum absolute atomic E-state index is 12.1. The van der Waals surface area contributed by atoms with E-state index in [1.54, 1.807) is 12.1 Å². The molecule has 0 aliphatic carbocycles. The molecule has 0 bridgehead atoms. The Bertz CT molecular complexity index is 408. The summed E-state index contributed by atoms with van der Waals surface area (Å²) in [5.41, 5.74) is 0.543. The number of benzene rings is 1. The molecule has 1 aromatic rings. The molecule has 0 radical (unpaired) electrons. The minimum Gasteiger partial charge on any atom is -0.494 e. The predicted octanol–water partition coefficient (Wildman–Crippen LogP) is 1.57. The van der Waals surface area contributed by atoms with E-state index in [0.29, 0.717) is 12.2 Å². The molecule has 1 atom stereocenters. The standard InChI is InChI=1S/C14H20N2O2/c1-3-18-12-6-4-11(5-7-12)13(17)16-14(2)8-9-15-10-14/h4-7,15H,3,8-10H2,1-2H3,(H,16,17). The number of amides is 1. The zero-order chi connectivity index (χ0) is 13.0. The van der Waals surface area contributed by atoms with Crippen molar-refractivity contribution in [2.45, 2.75) is 25.8 Å². The van der Waals surface area contributed by atoms with E-state index < -0.39 is 0 Å². The van der Waals surface area contributed by atoms with Crippen LogP contribution in [0, 0.1) is 0 Å². The molecule has 1 heterocycles. The third-order valence-corrected chi connectivity index (χ3v) is 3.21. The third kappa shape index (κ3) is 3.01. The summed E-state index contributed by atoms with van der Waals surface area (Å²) in [6, 6.07) is 7.25. The van der Waals surface area contributed by atoms with Crippen LogP contribution in [0.5, 0.6) is 5.75 Å². The molecule has 1 aromatic carbocycles. The molecule has 1 aliphatic rings. The summed E-state index contributed by atoms with van der Waals surface area (Å²) < 4.78 is 5.35. The van der Waals surface area contributed by atoms with Crippen LogP contribution in [-0.2, 0) is 0 Å². The Morgan fingerprint density at radius 2 is 2.17 bits per heavy atom. The van der Waals surface area contributed by atoms with Gasteiger partial charge in [-0.25, -0.2) is 0 Å². The first-order chi connectivity index (χ1) is 8.63. The van der Waals surface area contributed by atoms with Crippen LogP contribution in [0.4, 0.5) is 0 Å². The number of carbonyl (C=O) groups excluding carboxylic acids is 1. The molecule has 4 heteroatoms. The maximum atomic E-state index is 12.1. The average Bonchev–Trinajstić information content (AvgIpc) is 2.77. The maximum Gasteiger partial charge on any atom is 0.251 e. The Kier molecular flexibility index (Phi) is 3.87. The second-order valence-electron chi connectivity index (χ2n) is 4.90. The molecular formula is C14H20N2O2. The van der Waals surface area contributed by atoms with Gasteiger partial charge in [-0.2, -0.15) is 0 Å². The van der Waals surface area contributed by atoms with Gasteiger partial charge < -0.3 is 15.4 Å². The van der Waals surface area contributed by atoms with Gasteiger partial charge in [-0.15, -0.1) is 0 Å². The zero-order valence-electron chi connectivity index (χ0n) is 11.0. The van der Waals surface area contributed by atoms with Crippen molar-refractivity contribution < 1.29 is 9.53 Å². The van der Waals surface area contributed by atoms with Crippen LogP contribution in [0.25, 0.3) is 0 Å². The molecule has 1 saturated heterocycles. The van der Waals surface area contributed by atoms with Gasteiger partial charge in [-0.05, 0) is 51.1 Å². The number of hydrogen-bond donors (Lipinski definition) is 2. The number of carbonyl (C=O) groups is 1. The quantitative estimate of drug-likeness (QED) is 0.850. The summed E-state index contributed by atoms with van der Waals surface area (Å²) >= 11 is 0. The highest BCUT2D eigenvalue weighted by molar-refractivity contribution is 5.94. The molecular weight excluding hydrogens is 228 g/mol. The Hall–Kier alpha value is -1.55. The first-order valence-electron chi connectivity index (χ1n) is 6.39. The highest BCUT2D eigenvalue weighted by Crippen LogP contribution is 2.16. The van der Waals surface area contributed by atoms with Crippen LogP contribution >= 0.6 is 0 Å². The molecule has 0 saturated carbocycles. The lowest BCUT2D eigenvalue weighted by atomic mass is 10.0. The van der Waals surface area contributed by atoms with Gasteiger partial charge in [0, 0.05) is 12.1 Å². The van der Waals surface area contributed by atoms with Crippen molar-refractivity contribution in [2.24, 2.45) is 0 Å². The van der Waals surface area contributed by atoms with Crippen molar-refractivity contribution in [1.29, 1.82) is 0 Å². The molecule has 1 fully saturated rings. The average molecular weight is 248 g/mol. The van der Waals surface area contributed by atoms with Crippen LogP contribution in [0.15, 0.2) is 24.3 Å². The van der Waals surface area contributed by atoms with E-state index in [2.05, 4.69) is 17.6 Å². The molecule has 98 valence electrons. The highest BCUT2D eigenvalue weighted by Gasteiger charge is 2.30. The molecule has 4 nitrogen and oxygen atoms in total. The van der Waals surface area contributed by atoms with E-state index in [-0.39, 0.29) is 11.4 Å². The number of hydrogen-bond acceptors (Lipinski definition) is 3. The van der Waals surface area contributed by atoms with Gasteiger partial charge in [0.1, 0.15) is 5.75 Å². The summed E-state index contributed by atoms with van der Waals surface area (Å²) in [5.74, 6) is 0.770. The van der Waals surface area contributed by atoms with Gasteiger partial charge >= 0.3 is 0 Å². The number of rotatable bonds is 4. The van der Waals surface area contributed by atoms with E-state index >= 15 is 0 Å². The topological polar surface area (TPSA) is 50.4 Å². The van der Waals surface area contributed by atoms with E-state index in [1.807, 2.05) is 19.1 Å². The Balaban J connectivity index is 2.00. The van der Waals surface area contributed by atoms with Gasteiger partial charge in [0.05, 0.1) is 12.1 Å². The molecule has 0 spiro atoms. The Labute approximate surface area is 108 Å². The monoisotopic (exact) mass is 248 g/mol. The summed E-state index contributed by atoms with van der Waals surface area (Å²) in [6.45, 7) is 6.43. The predicted molar refractivity (Wildman–Crippen MR) is 71.0 cm³/mol. The molecule has 2 rings (SSSR count). The van der Waals surface area contributed by atoms with E-state index in [4.69, 9.17) is 4.74 Å². The van der Waals surface area contributed by atoms with Crippen molar-refractivity contribution in [1.82, 2.24) is 10.6 Å². The van der Waals surface area contributed by atoms with Gasteiger partial charge in [-0.3, -0.25) is 4.79 Å². The van der Waals surface area contributed by atoms with Crippen molar-refractivity contribution >= 4 is 5.91 Å². The fourth-order valence-electron chi connectivity index (χ4n) is 2.14. The molecule has 1 aliphatic heterocycles. The van der Waals surface area contributed by atoms with Crippen LogP contribution < -0.4 is 15.4 Å². The third-order valence-electron chi connectivity index (χ3n) is 3.21. The lowest BCUT2D eigenvalue weighted by molar-refractivity contribution is 0.0913.